The van der Waals surface area contributed by atoms with E-state index in [1.165, 1.54) is 25.6 Å². The first-order chi connectivity index (χ1) is 7.70. The summed E-state index contributed by atoms with van der Waals surface area (Å²) in [6.45, 7) is 10.3. The summed E-state index contributed by atoms with van der Waals surface area (Å²) >= 11 is 0. The normalized spacial score (nSPS) is 35.0. The molecule has 0 saturated carbocycles. The van der Waals surface area contributed by atoms with E-state index in [9.17, 15) is 0 Å². The highest BCUT2D eigenvalue weighted by molar-refractivity contribution is 6.35. The van der Waals surface area contributed by atoms with E-state index in [2.05, 4.69) is 35.0 Å². The van der Waals surface area contributed by atoms with E-state index in [1.54, 1.807) is 0 Å². The molecule has 0 amide bonds. The molecular formula is C14H28BO. The smallest absolute Gasteiger partial charge is 0.112 e. The zero-order valence-electron chi connectivity index (χ0n) is 11.5. The largest absolute Gasteiger partial charge is 0.378 e. The van der Waals surface area contributed by atoms with Crippen LogP contribution in [-0.4, -0.2) is 20.0 Å². The standard InChI is InChI=1S/C14H28BO/c1-5-7-8-15-9-14-12(4)11(3)13(6-2)10-16-14/h11-14H,5-10H2,1-4H3. The minimum atomic E-state index is 0.481. The van der Waals surface area contributed by atoms with Crippen LogP contribution in [-0.2, 0) is 4.74 Å². The molecule has 0 N–H and O–H groups in total. The Labute approximate surface area is 103 Å². The number of hydrogen-bond donors (Lipinski definition) is 0. The van der Waals surface area contributed by atoms with Gasteiger partial charge in [0.05, 0.1) is 6.10 Å². The minimum Gasteiger partial charge on any atom is -0.378 e. The second-order valence-electron chi connectivity index (χ2n) is 5.42. The van der Waals surface area contributed by atoms with Gasteiger partial charge in [0.25, 0.3) is 0 Å². The predicted molar refractivity (Wildman–Crippen MR) is 72.1 cm³/mol. The van der Waals surface area contributed by atoms with Crippen molar-refractivity contribution in [2.75, 3.05) is 6.61 Å². The van der Waals surface area contributed by atoms with Crippen molar-refractivity contribution in [3.05, 3.63) is 0 Å². The summed E-state index contributed by atoms with van der Waals surface area (Å²) in [6, 6.07) is 0. The molecule has 0 aromatic carbocycles. The zero-order valence-corrected chi connectivity index (χ0v) is 11.5. The summed E-state index contributed by atoms with van der Waals surface area (Å²) in [5.74, 6) is 2.32. The highest BCUT2D eigenvalue weighted by Gasteiger charge is 2.33. The first kappa shape index (κ1) is 14.1. The molecule has 0 spiro atoms. The fourth-order valence-electron chi connectivity index (χ4n) is 2.72. The monoisotopic (exact) mass is 223 g/mol. The van der Waals surface area contributed by atoms with E-state index >= 15 is 0 Å². The first-order valence-electron chi connectivity index (χ1n) is 7.13. The molecule has 0 aliphatic carbocycles. The van der Waals surface area contributed by atoms with E-state index in [-0.39, 0.29) is 0 Å². The second-order valence-corrected chi connectivity index (χ2v) is 5.42. The van der Waals surface area contributed by atoms with Gasteiger partial charge in [0, 0.05) is 6.61 Å². The molecule has 0 aromatic heterocycles. The quantitative estimate of drug-likeness (QED) is 0.488. The molecule has 1 aliphatic rings. The molecule has 93 valence electrons. The van der Waals surface area contributed by atoms with Crippen LogP contribution in [0.25, 0.3) is 0 Å². The second kappa shape index (κ2) is 7.37. The van der Waals surface area contributed by atoms with Crippen molar-refractivity contribution in [3.63, 3.8) is 0 Å². The number of unbranched alkanes of at least 4 members (excludes halogenated alkanes) is 1. The third-order valence-corrected chi connectivity index (χ3v) is 4.37. The van der Waals surface area contributed by atoms with Gasteiger partial charge in [0.15, 0.2) is 0 Å². The van der Waals surface area contributed by atoms with Crippen molar-refractivity contribution in [2.45, 2.75) is 65.7 Å². The topological polar surface area (TPSA) is 9.23 Å². The van der Waals surface area contributed by atoms with Crippen LogP contribution >= 0.6 is 0 Å². The summed E-state index contributed by atoms with van der Waals surface area (Å²) in [7, 11) is 2.43. The Balaban J connectivity index is 2.28. The summed E-state index contributed by atoms with van der Waals surface area (Å²) < 4.78 is 6.01. The van der Waals surface area contributed by atoms with Crippen LogP contribution < -0.4 is 0 Å². The first-order valence-corrected chi connectivity index (χ1v) is 7.13. The Morgan fingerprint density at radius 3 is 2.56 bits per heavy atom. The van der Waals surface area contributed by atoms with Crippen molar-refractivity contribution in [1.29, 1.82) is 0 Å². The van der Waals surface area contributed by atoms with Crippen molar-refractivity contribution in [2.24, 2.45) is 17.8 Å². The third-order valence-electron chi connectivity index (χ3n) is 4.37. The molecule has 1 heterocycles. The lowest BCUT2D eigenvalue weighted by Gasteiger charge is -2.40. The number of ether oxygens (including phenoxy) is 1. The van der Waals surface area contributed by atoms with Gasteiger partial charge in [-0.3, -0.25) is 0 Å². The molecule has 0 bridgehead atoms. The predicted octanol–water partition coefficient (Wildman–Crippen LogP) is 4.02. The van der Waals surface area contributed by atoms with Crippen LogP contribution in [0.1, 0.15) is 47.0 Å². The maximum absolute atomic E-state index is 6.01. The van der Waals surface area contributed by atoms with Crippen LogP contribution in [0, 0.1) is 17.8 Å². The maximum Gasteiger partial charge on any atom is 0.112 e. The molecule has 1 rings (SSSR count). The molecule has 1 radical (unpaired) electrons. The Bertz CT molecular complexity index is 184. The van der Waals surface area contributed by atoms with Gasteiger partial charge >= 0.3 is 0 Å². The van der Waals surface area contributed by atoms with Crippen molar-refractivity contribution in [1.82, 2.24) is 0 Å². The van der Waals surface area contributed by atoms with E-state index < -0.39 is 0 Å². The van der Waals surface area contributed by atoms with Gasteiger partial charge in [-0.05, 0) is 17.8 Å². The summed E-state index contributed by atoms with van der Waals surface area (Å²) in [5, 5.41) is 0. The van der Waals surface area contributed by atoms with Gasteiger partial charge in [0.2, 0.25) is 0 Å². The van der Waals surface area contributed by atoms with Crippen LogP contribution in [0.2, 0.25) is 12.6 Å². The Morgan fingerprint density at radius 2 is 1.94 bits per heavy atom. The number of rotatable bonds is 6. The van der Waals surface area contributed by atoms with Crippen molar-refractivity contribution in [3.8, 4) is 0 Å². The molecule has 1 fully saturated rings. The Hall–Kier alpha value is 0.0249. The fraction of sp³-hybridized carbons (Fsp3) is 1.00. The Morgan fingerprint density at radius 1 is 1.19 bits per heavy atom. The minimum absolute atomic E-state index is 0.481. The summed E-state index contributed by atoms with van der Waals surface area (Å²) in [4.78, 5) is 0. The lowest BCUT2D eigenvalue weighted by atomic mass is 9.64. The molecule has 4 unspecified atom stereocenters. The molecule has 1 nitrogen and oxygen atoms in total. The maximum atomic E-state index is 6.01. The lowest BCUT2D eigenvalue weighted by molar-refractivity contribution is -0.0722. The van der Waals surface area contributed by atoms with Gasteiger partial charge < -0.3 is 4.74 Å². The Kier molecular flexibility index (Phi) is 6.49. The highest BCUT2D eigenvalue weighted by atomic mass is 16.5. The SMILES string of the molecule is CCCC[B]CC1OCC(CC)C(C)C1C. The van der Waals surface area contributed by atoms with E-state index in [1.807, 2.05) is 0 Å². The summed E-state index contributed by atoms with van der Waals surface area (Å²) in [5.41, 5.74) is 0. The van der Waals surface area contributed by atoms with Gasteiger partial charge in [-0.1, -0.05) is 59.6 Å². The van der Waals surface area contributed by atoms with E-state index in [0.717, 1.165) is 30.7 Å². The van der Waals surface area contributed by atoms with Gasteiger partial charge in [-0.2, -0.15) is 0 Å². The summed E-state index contributed by atoms with van der Waals surface area (Å²) in [6.07, 6.45) is 6.78. The molecular weight excluding hydrogens is 195 g/mol. The molecule has 0 aromatic rings. The van der Waals surface area contributed by atoms with Crippen molar-refractivity contribution < 1.29 is 4.74 Å². The van der Waals surface area contributed by atoms with Gasteiger partial charge in [0.1, 0.15) is 7.28 Å². The van der Waals surface area contributed by atoms with Crippen LogP contribution in [0.3, 0.4) is 0 Å². The molecule has 1 saturated heterocycles. The van der Waals surface area contributed by atoms with Crippen molar-refractivity contribution >= 4 is 7.28 Å². The van der Waals surface area contributed by atoms with Crippen LogP contribution in [0.4, 0.5) is 0 Å². The highest BCUT2D eigenvalue weighted by Crippen LogP contribution is 2.34. The molecule has 16 heavy (non-hydrogen) atoms. The van der Waals surface area contributed by atoms with Crippen LogP contribution in [0.15, 0.2) is 0 Å². The molecule has 4 atom stereocenters. The van der Waals surface area contributed by atoms with Gasteiger partial charge in [-0.15, -0.1) is 0 Å². The zero-order chi connectivity index (χ0) is 12.0. The average molecular weight is 223 g/mol. The molecule has 2 heteroatoms. The van der Waals surface area contributed by atoms with E-state index in [4.69, 9.17) is 4.74 Å². The number of hydrogen-bond acceptors (Lipinski definition) is 1. The van der Waals surface area contributed by atoms with Gasteiger partial charge in [-0.25, -0.2) is 0 Å². The van der Waals surface area contributed by atoms with Crippen LogP contribution in [0.5, 0.6) is 0 Å². The van der Waals surface area contributed by atoms with E-state index in [0.29, 0.717) is 6.10 Å². The lowest BCUT2D eigenvalue weighted by Crippen LogP contribution is -2.39. The molecule has 1 aliphatic heterocycles. The average Bonchev–Trinajstić information content (AvgIpc) is 2.30. The third kappa shape index (κ3) is 3.80. The fourth-order valence-corrected chi connectivity index (χ4v) is 2.72.